The highest BCUT2D eigenvalue weighted by Gasteiger charge is 2.33. The molecule has 1 N–H and O–H groups in total. The third kappa shape index (κ3) is 4.02. The summed E-state index contributed by atoms with van der Waals surface area (Å²) in [5.74, 6) is 0. The van der Waals surface area contributed by atoms with Gasteiger partial charge in [-0.25, -0.2) is 8.42 Å². The van der Waals surface area contributed by atoms with E-state index in [2.05, 4.69) is 5.32 Å². The molecule has 1 aliphatic rings. The van der Waals surface area contributed by atoms with Crippen LogP contribution in [0.4, 0.5) is 0 Å². The van der Waals surface area contributed by atoms with Crippen LogP contribution in [0.25, 0.3) is 0 Å². The molecule has 1 atom stereocenters. The zero-order valence-corrected chi connectivity index (χ0v) is 15.4. The lowest BCUT2D eigenvalue weighted by molar-refractivity contribution is 0.292. The molecule has 1 saturated heterocycles. The lowest BCUT2D eigenvalue weighted by atomic mass is 9.87. The van der Waals surface area contributed by atoms with Crippen molar-refractivity contribution in [2.75, 3.05) is 20.1 Å². The van der Waals surface area contributed by atoms with E-state index in [1.54, 1.807) is 10.4 Å². The molecule has 0 spiro atoms. The highest BCUT2D eigenvalue weighted by Crippen LogP contribution is 2.31. The van der Waals surface area contributed by atoms with Gasteiger partial charge >= 0.3 is 0 Å². The molecule has 0 amide bonds. The Morgan fingerprint density at radius 2 is 1.86 bits per heavy atom. The summed E-state index contributed by atoms with van der Waals surface area (Å²) in [6.45, 7) is 7.31. The quantitative estimate of drug-likeness (QED) is 0.915. The maximum absolute atomic E-state index is 13.0. The molecule has 1 aliphatic heterocycles. The van der Waals surface area contributed by atoms with Gasteiger partial charge in [-0.3, -0.25) is 0 Å². The van der Waals surface area contributed by atoms with Gasteiger partial charge in [0.2, 0.25) is 10.0 Å². The van der Waals surface area contributed by atoms with E-state index in [9.17, 15) is 8.42 Å². The minimum absolute atomic E-state index is 0. The first-order valence-corrected chi connectivity index (χ1v) is 8.98. The molecule has 0 aliphatic carbocycles. The first kappa shape index (κ1) is 19.4. The Bertz CT molecular complexity index is 596. The van der Waals surface area contributed by atoms with E-state index in [-0.39, 0.29) is 23.9 Å². The molecule has 2 rings (SSSR count). The van der Waals surface area contributed by atoms with E-state index in [4.69, 9.17) is 0 Å². The molecule has 1 aromatic rings. The van der Waals surface area contributed by atoms with Crippen LogP contribution in [0.1, 0.15) is 39.2 Å². The summed E-state index contributed by atoms with van der Waals surface area (Å²) in [5, 5.41) is 3.20. The molecule has 1 fully saturated rings. The van der Waals surface area contributed by atoms with Crippen molar-refractivity contribution in [3.05, 3.63) is 29.8 Å². The second-order valence-corrected chi connectivity index (χ2v) is 8.64. The Labute approximate surface area is 140 Å². The number of halogens is 1. The number of benzene rings is 1. The molecule has 22 heavy (non-hydrogen) atoms. The van der Waals surface area contributed by atoms with Crippen molar-refractivity contribution in [1.82, 2.24) is 9.62 Å². The van der Waals surface area contributed by atoms with E-state index < -0.39 is 10.0 Å². The van der Waals surface area contributed by atoms with Crippen LogP contribution in [0.2, 0.25) is 0 Å². The predicted molar refractivity (Wildman–Crippen MR) is 93.2 cm³/mol. The molecule has 4 nitrogen and oxygen atoms in total. The van der Waals surface area contributed by atoms with E-state index in [1.807, 2.05) is 46.0 Å². The Balaban J connectivity index is 0.00000242. The van der Waals surface area contributed by atoms with Gasteiger partial charge in [0.25, 0.3) is 0 Å². The van der Waals surface area contributed by atoms with Crippen molar-refractivity contribution >= 4 is 22.4 Å². The third-order valence-electron chi connectivity index (χ3n) is 4.11. The summed E-state index contributed by atoms with van der Waals surface area (Å²) in [6, 6.07) is 7.62. The van der Waals surface area contributed by atoms with Crippen molar-refractivity contribution in [1.29, 1.82) is 0 Å². The van der Waals surface area contributed by atoms with Gasteiger partial charge < -0.3 is 5.32 Å². The maximum Gasteiger partial charge on any atom is 0.243 e. The normalized spacial score (nSPS) is 20.5. The second-order valence-electron chi connectivity index (χ2n) is 6.74. The predicted octanol–water partition coefficient (Wildman–Crippen LogP) is 2.78. The van der Waals surface area contributed by atoms with Crippen molar-refractivity contribution in [3.63, 3.8) is 0 Å². The van der Waals surface area contributed by atoms with Crippen LogP contribution in [-0.4, -0.2) is 38.9 Å². The van der Waals surface area contributed by atoms with Gasteiger partial charge in [-0.05, 0) is 36.9 Å². The van der Waals surface area contributed by atoms with E-state index in [1.165, 1.54) is 0 Å². The minimum Gasteiger partial charge on any atom is -0.316 e. The molecule has 0 bridgehead atoms. The average molecular weight is 347 g/mol. The summed E-state index contributed by atoms with van der Waals surface area (Å²) in [4.78, 5) is 0.453. The van der Waals surface area contributed by atoms with Gasteiger partial charge in [0.15, 0.2) is 0 Å². The average Bonchev–Trinajstić information content (AvgIpc) is 2.46. The van der Waals surface area contributed by atoms with Crippen LogP contribution in [-0.2, 0) is 15.4 Å². The second kappa shape index (κ2) is 7.30. The number of hydrogen-bond donors (Lipinski definition) is 1. The monoisotopic (exact) mass is 346 g/mol. The van der Waals surface area contributed by atoms with Gasteiger partial charge in [-0.1, -0.05) is 39.0 Å². The van der Waals surface area contributed by atoms with E-state index in [0.29, 0.717) is 18.0 Å². The summed E-state index contributed by atoms with van der Waals surface area (Å²) >= 11 is 0. The molecular weight excluding hydrogens is 320 g/mol. The van der Waals surface area contributed by atoms with Crippen molar-refractivity contribution in [2.45, 2.75) is 50.0 Å². The maximum atomic E-state index is 13.0. The topological polar surface area (TPSA) is 49.4 Å². The molecule has 0 radical (unpaired) electrons. The largest absolute Gasteiger partial charge is 0.316 e. The Morgan fingerprint density at radius 1 is 1.23 bits per heavy atom. The number of sulfonamides is 1. The van der Waals surface area contributed by atoms with Crippen molar-refractivity contribution in [3.8, 4) is 0 Å². The molecule has 1 aromatic carbocycles. The number of nitrogens with zero attached hydrogens (tertiary/aromatic N) is 1. The number of likely N-dealkylation sites (N-methyl/N-ethyl adjacent to an activating group) is 1. The van der Waals surface area contributed by atoms with Crippen LogP contribution in [0, 0.1) is 0 Å². The SMILES string of the molecule is CNC1CCCN(S(=O)(=O)c2ccccc2C(C)(C)C)C1.Cl. The summed E-state index contributed by atoms with van der Waals surface area (Å²) in [7, 11) is -1.53. The minimum atomic E-state index is -3.43. The number of rotatable bonds is 3. The first-order chi connectivity index (χ1) is 9.76. The lowest BCUT2D eigenvalue weighted by Crippen LogP contribution is -2.47. The Morgan fingerprint density at radius 3 is 2.45 bits per heavy atom. The molecular formula is C16H27ClN2O2S. The zero-order chi connectivity index (χ0) is 15.7. The summed E-state index contributed by atoms with van der Waals surface area (Å²) in [6.07, 6.45) is 1.94. The van der Waals surface area contributed by atoms with Crippen molar-refractivity contribution < 1.29 is 8.42 Å². The fraction of sp³-hybridized carbons (Fsp3) is 0.625. The third-order valence-corrected chi connectivity index (χ3v) is 6.03. The van der Waals surface area contributed by atoms with Crippen LogP contribution in [0.15, 0.2) is 29.2 Å². The number of hydrogen-bond acceptors (Lipinski definition) is 3. The van der Waals surface area contributed by atoms with Crippen LogP contribution in [0.5, 0.6) is 0 Å². The fourth-order valence-corrected chi connectivity index (χ4v) is 4.77. The zero-order valence-electron chi connectivity index (χ0n) is 13.8. The smallest absolute Gasteiger partial charge is 0.243 e. The van der Waals surface area contributed by atoms with Gasteiger partial charge in [0.05, 0.1) is 4.90 Å². The van der Waals surface area contributed by atoms with Crippen molar-refractivity contribution in [2.24, 2.45) is 0 Å². The van der Waals surface area contributed by atoms with Gasteiger partial charge in [-0.15, -0.1) is 12.4 Å². The summed E-state index contributed by atoms with van der Waals surface area (Å²) < 4.78 is 27.7. The molecule has 1 heterocycles. The molecule has 6 heteroatoms. The number of nitrogens with one attached hydrogen (secondary N) is 1. The highest BCUT2D eigenvalue weighted by atomic mass is 35.5. The molecule has 0 aromatic heterocycles. The fourth-order valence-electron chi connectivity index (χ4n) is 2.85. The number of piperidine rings is 1. The van der Waals surface area contributed by atoms with Gasteiger partial charge in [0, 0.05) is 19.1 Å². The Hall–Kier alpha value is -0.620. The van der Waals surface area contributed by atoms with E-state index >= 15 is 0 Å². The van der Waals surface area contributed by atoms with Crippen LogP contribution in [0.3, 0.4) is 0 Å². The molecule has 1 unspecified atom stereocenters. The van der Waals surface area contributed by atoms with Gasteiger partial charge in [-0.2, -0.15) is 4.31 Å². The molecule has 0 saturated carbocycles. The van der Waals surface area contributed by atoms with Gasteiger partial charge in [0.1, 0.15) is 0 Å². The highest BCUT2D eigenvalue weighted by molar-refractivity contribution is 7.89. The molecule has 126 valence electrons. The Kier molecular flexibility index (Phi) is 6.45. The first-order valence-electron chi connectivity index (χ1n) is 7.54. The lowest BCUT2D eigenvalue weighted by Gasteiger charge is -2.33. The van der Waals surface area contributed by atoms with Crippen LogP contribution >= 0.6 is 12.4 Å². The van der Waals surface area contributed by atoms with Crippen LogP contribution < -0.4 is 5.32 Å². The standard InChI is InChI=1S/C16H26N2O2S.ClH/c1-16(2,3)14-9-5-6-10-15(14)21(19,20)18-11-7-8-13(12-18)17-4;/h5-6,9-10,13,17H,7-8,11-12H2,1-4H3;1H. The van der Waals surface area contributed by atoms with E-state index in [0.717, 1.165) is 18.4 Å². The summed E-state index contributed by atoms with van der Waals surface area (Å²) in [5.41, 5.74) is 0.693.